The van der Waals surface area contributed by atoms with E-state index in [4.69, 9.17) is 4.74 Å². The van der Waals surface area contributed by atoms with Crippen molar-refractivity contribution in [1.82, 2.24) is 9.21 Å². The zero-order chi connectivity index (χ0) is 19.3. The average molecular weight is 396 g/mol. The first-order valence-electron chi connectivity index (χ1n) is 9.57. The van der Waals surface area contributed by atoms with Crippen LogP contribution in [0.4, 0.5) is 5.69 Å². The molecule has 3 rings (SSSR count). The molecule has 1 unspecified atom stereocenters. The van der Waals surface area contributed by atoms with Crippen LogP contribution in [0.2, 0.25) is 0 Å². The smallest absolute Gasteiger partial charge is 0.227 e. The molecule has 1 aromatic rings. The third kappa shape index (κ3) is 5.00. The second-order valence-corrected chi connectivity index (χ2v) is 9.24. The van der Waals surface area contributed by atoms with Gasteiger partial charge in [0.2, 0.25) is 15.9 Å². The first kappa shape index (κ1) is 20.1. The summed E-state index contributed by atoms with van der Waals surface area (Å²) in [5.74, 6) is -0.172. The van der Waals surface area contributed by atoms with E-state index in [1.54, 1.807) is 0 Å². The Hall–Kier alpha value is -1.64. The minimum atomic E-state index is -3.36. The summed E-state index contributed by atoms with van der Waals surface area (Å²) in [5, 5.41) is 0. The first-order chi connectivity index (χ1) is 13.0. The molecule has 2 heterocycles. The Morgan fingerprint density at radius 3 is 2.48 bits per heavy atom. The molecular weight excluding hydrogens is 366 g/mol. The lowest BCUT2D eigenvalue weighted by Gasteiger charge is -2.39. The van der Waals surface area contributed by atoms with Crippen LogP contribution in [-0.4, -0.2) is 82.3 Å². The summed E-state index contributed by atoms with van der Waals surface area (Å²) in [5.41, 5.74) is 1.18. The third-order valence-corrected chi connectivity index (χ3v) is 7.19. The standard InChI is InChI=1S/C19H29N3O4S/c1-26-14-15-27(24,25)22-9-5-6-17(16-22)19(23)21-12-10-20(11-13-21)18-7-3-2-4-8-18/h2-4,7-8,17H,5-6,9-16H2,1H3. The Balaban J connectivity index is 1.55. The van der Waals surface area contributed by atoms with Gasteiger partial charge < -0.3 is 14.5 Å². The Labute approximate surface area is 161 Å². The number of carbonyl (C=O) groups excluding carboxylic acids is 1. The minimum absolute atomic E-state index is 0.0276. The molecule has 0 saturated carbocycles. The van der Waals surface area contributed by atoms with Crippen LogP contribution < -0.4 is 4.90 Å². The lowest BCUT2D eigenvalue weighted by molar-refractivity contribution is -0.137. The normalized spacial score (nSPS) is 22.0. The van der Waals surface area contributed by atoms with Crippen molar-refractivity contribution in [3.05, 3.63) is 30.3 Å². The van der Waals surface area contributed by atoms with Crippen molar-refractivity contribution in [3.63, 3.8) is 0 Å². The van der Waals surface area contributed by atoms with Crippen molar-refractivity contribution in [1.29, 1.82) is 0 Å². The quantitative estimate of drug-likeness (QED) is 0.719. The van der Waals surface area contributed by atoms with Crippen molar-refractivity contribution < 1.29 is 17.9 Å². The molecular formula is C19H29N3O4S. The van der Waals surface area contributed by atoms with E-state index in [0.717, 1.165) is 25.9 Å². The van der Waals surface area contributed by atoms with Crippen LogP contribution in [0.25, 0.3) is 0 Å². The molecule has 27 heavy (non-hydrogen) atoms. The Morgan fingerprint density at radius 2 is 1.81 bits per heavy atom. The Bertz CT molecular complexity index is 718. The molecule has 0 spiro atoms. The summed E-state index contributed by atoms with van der Waals surface area (Å²) in [4.78, 5) is 17.1. The number of anilines is 1. The molecule has 1 amide bonds. The van der Waals surface area contributed by atoms with E-state index < -0.39 is 10.0 Å². The molecule has 7 nitrogen and oxygen atoms in total. The summed E-state index contributed by atoms with van der Waals surface area (Å²) in [7, 11) is -1.86. The van der Waals surface area contributed by atoms with Crippen LogP contribution in [0.5, 0.6) is 0 Å². The fourth-order valence-electron chi connectivity index (χ4n) is 3.80. The highest BCUT2D eigenvalue weighted by atomic mass is 32.2. The number of nitrogens with zero attached hydrogens (tertiary/aromatic N) is 3. The van der Waals surface area contributed by atoms with Gasteiger partial charge in [-0.25, -0.2) is 12.7 Å². The number of amides is 1. The number of para-hydroxylation sites is 1. The third-order valence-electron chi connectivity index (χ3n) is 5.38. The predicted molar refractivity (Wildman–Crippen MR) is 105 cm³/mol. The van der Waals surface area contributed by atoms with Gasteiger partial charge >= 0.3 is 0 Å². The molecule has 0 bridgehead atoms. The van der Waals surface area contributed by atoms with Crippen LogP contribution in [0.1, 0.15) is 12.8 Å². The van der Waals surface area contributed by atoms with Gasteiger partial charge in [-0.05, 0) is 25.0 Å². The van der Waals surface area contributed by atoms with Crippen molar-refractivity contribution in [2.45, 2.75) is 12.8 Å². The van der Waals surface area contributed by atoms with Gasteiger partial charge in [-0.1, -0.05) is 18.2 Å². The SMILES string of the molecule is COCCS(=O)(=O)N1CCCC(C(=O)N2CCN(c3ccccc3)CC2)C1. The van der Waals surface area contributed by atoms with E-state index in [1.165, 1.54) is 17.1 Å². The molecule has 0 aliphatic carbocycles. The summed E-state index contributed by atoms with van der Waals surface area (Å²) in [6.45, 7) is 3.94. The molecule has 150 valence electrons. The Kier molecular flexibility index (Phi) is 6.73. The lowest BCUT2D eigenvalue weighted by Crippen LogP contribution is -2.53. The molecule has 1 atom stereocenters. The van der Waals surface area contributed by atoms with E-state index in [2.05, 4.69) is 17.0 Å². The number of hydrogen-bond donors (Lipinski definition) is 0. The number of ether oxygens (including phenoxy) is 1. The summed E-state index contributed by atoms with van der Waals surface area (Å²) >= 11 is 0. The van der Waals surface area contributed by atoms with Crippen molar-refractivity contribution in [2.24, 2.45) is 5.92 Å². The highest BCUT2D eigenvalue weighted by molar-refractivity contribution is 7.89. The van der Waals surface area contributed by atoms with Gasteiger partial charge in [0.15, 0.2) is 0 Å². The molecule has 1 aromatic carbocycles. The van der Waals surface area contributed by atoms with Gasteiger partial charge in [0.1, 0.15) is 0 Å². The van der Waals surface area contributed by atoms with Crippen molar-refractivity contribution >= 4 is 21.6 Å². The average Bonchev–Trinajstić information content (AvgIpc) is 2.72. The number of piperidine rings is 1. The van der Waals surface area contributed by atoms with E-state index in [0.29, 0.717) is 26.2 Å². The van der Waals surface area contributed by atoms with Gasteiger partial charge in [0.05, 0.1) is 18.3 Å². The van der Waals surface area contributed by atoms with Gasteiger partial charge in [-0.15, -0.1) is 0 Å². The molecule has 0 radical (unpaired) electrons. The molecule has 0 N–H and O–H groups in total. The summed E-state index contributed by atoms with van der Waals surface area (Å²) in [6, 6.07) is 10.2. The molecule has 2 aliphatic rings. The first-order valence-corrected chi connectivity index (χ1v) is 11.2. The van der Waals surface area contributed by atoms with Crippen molar-refractivity contribution in [3.8, 4) is 0 Å². The number of carbonyl (C=O) groups is 1. The maximum Gasteiger partial charge on any atom is 0.227 e. The van der Waals surface area contributed by atoms with Crippen molar-refractivity contribution in [2.75, 3.05) is 63.6 Å². The van der Waals surface area contributed by atoms with E-state index in [1.807, 2.05) is 23.1 Å². The largest absolute Gasteiger partial charge is 0.384 e. The number of sulfonamides is 1. The van der Waals surface area contributed by atoms with Gasteiger partial charge in [-0.3, -0.25) is 4.79 Å². The monoisotopic (exact) mass is 395 g/mol. The topological polar surface area (TPSA) is 70.2 Å². The summed E-state index contributed by atoms with van der Waals surface area (Å²) < 4.78 is 31.2. The zero-order valence-electron chi connectivity index (χ0n) is 15.9. The fraction of sp³-hybridized carbons (Fsp3) is 0.632. The molecule has 0 aromatic heterocycles. The van der Waals surface area contributed by atoms with E-state index in [-0.39, 0.29) is 24.2 Å². The van der Waals surface area contributed by atoms with Crippen LogP contribution in [0.3, 0.4) is 0 Å². The van der Waals surface area contributed by atoms with Gasteiger partial charge in [0, 0.05) is 52.1 Å². The number of methoxy groups -OCH3 is 1. The maximum absolute atomic E-state index is 12.9. The molecule has 8 heteroatoms. The number of piperazine rings is 1. The van der Waals surface area contributed by atoms with Gasteiger partial charge in [0.25, 0.3) is 0 Å². The van der Waals surface area contributed by atoms with Crippen LogP contribution in [0, 0.1) is 5.92 Å². The van der Waals surface area contributed by atoms with E-state index >= 15 is 0 Å². The predicted octanol–water partition coefficient (Wildman–Crippen LogP) is 1.02. The second kappa shape index (κ2) is 9.03. The van der Waals surface area contributed by atoms with E-state index in [9.17, 15) is 13.2 Å². The number of rotatable bonds is 6. The second-order valence-electron chi connectivity index (χ2n) is 7.15. The molecule has 2 aliphatic heterocycles. The lowest BCUT2D eigenvalue weighted by atomic mass is 9.97. The van der Waals surface area contributed by atoms with Crippen LogP contribution in [-0.2, 0) is 19.6 Å². The summed E-state index contributed by atoms with van der Waals surface area (Å²) in [6.07, 6.45) is 1.49. The minimum Gasteiger partial charge on any atom is -0.384 e. The molecule has 2 saturated heterocycles. The van der Waals surface area contributed by atoms with Gasteiger partial charge in [-0.2, -0.15) is 0 Å². The van der Waals surface area contributed by atoms with Crippen LogP contribution in [0.15, 0.2) is 30.3 Å². The zero-order valence-corrected chi connectivity index (χ0v) is 16.7. The number of benzene rings is 1. The van der Waals surface area contributed by atoms with Crippen LogP contribution >= 0.6 is 0 Å². The number of hydrogen-bond acceptors (Lipinski definition) is 5. The highest BCUT2D eigenvalue weighted by Gasteiger charge is 2.35. The fourth-order valence-corrected chi connectivity index (χ4v) is 5.25. The highest BCUT2D eigenvalue weighted by Crippen LogP contribution is 2.23. The maximum atomic E-state index is 12.9. The molecule has 2 fully saturated rings. The Morgan fingerprint density at radius 1 is 1.11 bits per heavy atom.